The van der Waals surface area contributed by atoms with E-state index in [0.29, 0.717) is 30.8 Å². The molecule has 0 aromatic heterocycles. The zero-order valence-corrected chi connectivity index (χ0v) is 10.6. The predicted molar refractivity (Wildman–Crippen MR) is 66.3 cm³/mol. The molecule has 1 rings (SSSR count). The first kappa shape index (κ1) is 14.6. The number of methoxy groups -OCH3 is 1. The molecule has 0 heterocycles. The summed E-state index contributed by atoms with van der Waals surface area (Å²) < 4.78 is 18.5. The van der Waals surface area contributed by atoms with Crippen molar-refractivity contribution in [3.8, 4) is 0 Å². The Hall–Kier alpha value is -1.50. The minimum Gasteiger partial charge on any atom is -0.383 e. The monoisotopic (exact) mass is 255 g/mol. The lowest BCUT2D eigenvalue weighted by Crippen LogP contribution is -2.30. The van der Waals surface area contributed by atoms with E-state index in [4.69, 9.17) is 10.6 Å². The number of nitrogens with two attached hydrogens (primary N) is 1. The highest BCUT2D eigenvalue weighted by Gasteiger charge is 2.10. The van der Waals surface area contributed by atoms with Gasteiger partial charge in [-0.15, -0.1) is 0 Å². The van der Waals surface area contributed by atoms with Gasteiger partial charge >= 0.3 is 0 Å². The van der Waals surface area contributed by atoms with Crippen molar-refractivity contribution >= 4 is 5.91 Å². The molecule has 1 aromatic carbocycles. The van der Waals surface area contributed by atoms with E-state index in [1.807, 2.05) is 17.4 Å². The normalized spacial score (nSPS) is 10.7. The highest BCUT2D eigenvalue weighted by molar-refractivity contribution is 5.93. The fourth-order valence-corrected chi connectivity index (χ4v) is 1.54. The predicted octanol–water partition coefficient (Wildman–Crippen LogP) is 0.507. The number of carbonyl (C=O) groups is 1. The first-order chi connectivity index (χ1) is 8.58. The topological polar surface area (TPSA) is 67.6 Å². The Morgan fingerprint density at radius 1 is 1.56 bits per heavy atom. The van der Waals surface area contributed by atoms with Crippen molar-refractivity contribution in [2.45, 2.75) is 6.54 Å². The van der Waals surface area contributed by atoms with Gasteiger partial charge in [0.05, 0.1) is 6.61 Å². The summed E-state index contributed by atoms with van der Waals surface area (Å²) in [6.45, 7) is 1.66. The molecule has 6 heteroatoms. The summed E-state index contributed by atoms with van der Waals surface area (Å²) >= 11 is 0. The van der Waals surface area contributed by atoms with Crippen LogP contribution in [-0.4, -0.2) is 38.1 Å². The summed E-state index contributed by atoms with van der Waals surface area (Å²) in [7, 11) is 3.47. The highest BCUT2D eigenvalue weighted by Crippen LogP contribution is 2.12. The second kappa shape index (κ2) is 7.05. The number of nitrogens with one attached hydrogen (secondary N) is 1. The van der Waals surface area contributed by atoms with Crippen molar-refractivity contribution in [2.24, 2.45) is 5.84 Å². The number of amides is 1. The van der Waals surface area contributed by atoms with Crippen molar-refractivity contribution in [1.82, 2.24) is 10.3 Å². The third kappa shape index (κ3) is 4.06. The van der Waals surface area contributed by atoms with Gasteiger partial charge < -0.3 is 4.74 Å². The number of rotatable bonds is 6. The Labute approximate surface area is 106 Å². The molecule has 100 valence electrons. The van der Waals surface area contributed by atoms with Crippen molar-refractivity contribution in [3.63, 3.8) is 0 Å². The quantitative estimate of drug-likeness (QED) is 0.441. The fraction of sp³-hybridized carbons (Fsp3) is 0.417. The number of carbonyl (C=O) groups excluding carboxylic acids is 1. The molecule has 18 heavy (non-hydrogen) atoms. The van der Waals surface area contributed by atoms with Crippen LogP contribution < -0.4 is 11.3 Å². The molecule has 5 nitrogen and oxygen atoms in total. The van der Waals surface area contributed by atoms with Gasteiger partial charge in [-0.05, 0) is 25.2 Å². The van der Waals surface area contributed by atoms with Gasteiger partial charge in [0.1, 0.15) is 5.82 Å². The molecule has 1 amide bonds. The maximum absolute atomic E-state index is 13.6. The third-order valence-electron chi connectivity index (χ3n) is 2.56. The molecular formula is C12H18FN3O2. The molecule has 0 atom stereocenters. The highest BCUT2D eigenvalue weighted by atomic mass is 19.1. The van der Waals surface area contributed by atoms with Crippen LogP contribution in [-0.2, 0) is 11.3 Å². The van der Waals surface area contributed by atoms with Crippen molar-refractivity contribution in [2.75, 3.05) is 27.3 Å². The Morgan fingerprint density at radius 3 is 2.89 bits per heavy atom. The average molecular weight is 255 g/mol. The molecule has 0 unspecified atom stereocenters. The number of nitrogen functional groups attached to an aromatic ring is 1. The van der Waals surface area contributed by atoms with Crippen molar-refractivity contribution in [1.29, 1.82) is 0 Å². The van der Waals surface area contributed by atoms with E-state index < -0.39 is 5.91 Å². The molecule has 0 spiro atoms. The summed E-state index contributed by atoms with van der Waals surface area (Å²) in [6.07, 6.45) is 0. The van der Waals surface area contributed by atoms with Crippen molar-refractivity contribution in [3.05, 3.63) is 35.1 Å². The zero-order chi connectivity index (χ0) is 13.5. The number of hydrogen-bond donors (Lipinski definition) is 2. The number of benzene rings is 1. The Kier molecular flexibility index (Phi) is 5.70. The fourth-order valence-electron chi connectivity index (χ4n) is 1.54. The van der Waals surface area contributed by atoms with Crippen LogP contribution in [0.3, 0.4) is 0 Å². The number of ether oxygens (including phenoxy) is 1. The summed E-state index contributed by atoms with van der Waals surface area (Å²) in [4.78, 5) is 13.3. The van der Waals surface area contributed by atoms with E-state index in [2.05, 4.69) is 0 Å². The maximum Gasteiger partial charge on any atom is 0.265 e. The van der Waals surface area contributed by atoms with Gasteiger partial charge in [-0.2, -0.15) is 0 Å². The Bertz CT molecular complexity index is 412. The van der Waals surface area contributed by atoms with Crippen LogP contribution in [0.5, 0.6) is 0 Å². The molecule has 0 aliphatic heterocycles. The van der Waals surface area contributed by atoms with Crippen LogP contribution in [0, 0.1) is 5.82 Å². The van der Waals surface area contributed by atoms with Gasteiger partial charge in [0, 0.05) is 31.3 Å². The van der Waals surface area contributed by atoms with Gasteiger partial charge in [0.2, 0.25) is 0 Å². The second-order valence-corrected chi connectivity index (χ2v) is 4.01. The van der Waals surface area contributed by atoms with Gasteiger partial charge in [-0.3, -0.25) is 15.1 Å². The van der Waals surface area contributed by atoms with Crippen LogP contribution in [0.2, 0.25) is 0 Å². The molecule has 0 saturated carbocycles. The van der Waals surface area contributed by atoms with E-state index in [-0.39, 0.29) is 5.82 Å². The number of hydrazine groups is 1. The molecule has 0 aliphatic rings. The van der Waals surface area contributed by atoms with Crippen LogP contribution in [0.15, 0.2) is 18.2 Å². The first-order valence-corrected chi connectivity index (χ1v) is 5.55. The zero-order valence-electron chi connectivity index (χ0n) is 10.6. The Balaban J connectivity index is 2.77. The lowest BCUT2D eigenvalue weighted by Gasteiger charge is -2.16. The summed E-state index contributed by atoms with van der Waals surface area (Å²) in [5.41, 5.74) is 2.82. The van der Waals surface area contributed by atoms with Gasteiger partial charge in [0.25, 0.3) is 5.91 Å². The lowest BCUT2D eigenvalue weighted by atomic mass is 10.1. The molecule has 0 bridgehead atoms. The number of hydrogen-bond acceptors (Lipinski definition) is 4. The molecule has 3 N–H and O–H groups in total. The van der Waals surface area contributed by atoms with E-state index in [1.165, 1.54) is 18.2 Å². The number of likely N-dealkylation sites (N-methyl/N-ethyl adjacent to an activating group) is 1. The Morgan fingerprint density at radius 2 is 2.28 bits per heavy atom. The first-order valence-electron chi connectivity index (χ1n) is 5.55. The third-order valence-corrected chi connectivity index (χ3v) is 2.56. The van der Waals surface area contributed by atoms with Gasteiger partial charge in [-0.1, -0.05) is 0 Å². The van der Waals surface area contributed by atoms with Crippen LogP contribution >= 0.6 is 0 Å². The number of halogens is 1. The minimum absolute atomic E-state index is 0.340. The summed E-state index contributed by atoms with van der Waals surface area (Å²) in [6, 6.07) is 4.17. The van der Waals surface area contributed by atoms with Crippen LogP contribution in [0.25, 0.3) is 0 Å². The SMILES string of the molecule is COCCN(C)Cc1cc(C(=O)NN)ccc1F. The smallest absolute Gasteiger partial charge is 0.265 e. The van der Waals surface area contributed by atoms with E-state index >= 15 is 0 Å². The summed E-state index contributed by atoms with van der Waals surface area (Å²) in [5, 5.41) is 0. The summed E-state index contributed by atoms with van der Waals surface area (Å²) in [5.74, 6) is 4.26. The maximum atomic E-state index is 13.6. The van der Waals surface area contributed by atoms with Crippen LogP contribution in [0.1, 0.15) is 15.9 Å². The lowest BCUT2D eigenvalue weighted by molar-refractivity contribution is 0.0953. The molecule has 1 aromatic rings. The van der Waals surface area contributed by atoms with E-state index in [1.54, 1.807) is 7.11 Å². The van der Waals surface area contributed by atoms with Crippen molar-refractivity contribution < 1.29 is 13.9 Å². The molecule has 0 aliphatic carbocycles. The van der Waals surface area contributed by atoms with E-state index in [0.717, 1.165) is 0 Å². The van der Waals surface area contributed by atoms with Gasteiger partial charge in [0.15, 0.2) is 0 Å². The minimum atomic E-state index is -0.434. The largest absolute Gasteiger partial charge is 0.383 e. The number of nitrogens with zero attached hydrogens (tertiary/aromatic N) is 1. The van der Waals surface area contributed by atoms with Gasteiger partial charge in [-0.25, -0.2) is 10.2 Å². The molecule has 0 fully saturated rings. The molecule has 0 radical (unpaired) electrons. The van der Waals surface area contributed by atoms with Crippen LogP contribution in [0.4, 0.5) is 4.39 Å². The second-order valence-electron chi connectivity index (χ2n) is 4.01. The molecular weight excluding hydrogens is 237 g/mol. The average Bonchev–Trinajstić information content (AvgIpc) is 2.38. The van der Waals surface area contributed by atoms with E-state index in [9.17, 15) is 9.18 Å². The molecule has 0 saturated heterocycles. The standard InChI is InChI=1S/C12H18FN3O2/c1-16(5-6-18-2)8-10-7-9(12(17)15-14)3-4-11(10)13/h3-4,7H,5-6,8,14H2,1-2H3,(H,15,17).